The highest BCUT2D eigenvalue weighted by Crippen LogP contribution is 2.15. The van der Waals surface area contributed by atoms with Crippen molar-refractivity contribution in [3.05, 3.63) is 54.0 Å². The van der Waals surface area contributed by atoms with Crippen molar-refractivity contribution in [1.29, 1.82) is 0 Å². The number of para-hydroxylation sites is 1. The smallest absolute Gasteiger partial charge is 0.253 e. The lowest BCUT2D eigenvalue weighted by Gasteiger charge is -2.27. The van der Waals surface area contributed by atoms with Gasteiger partial charge in [-0.05, 0) is 24.3 Å². The lowest BCUT2D eigenvalue weighted by molar-refractivity contribution is -0.136. The second-order valence-corrected chi connectivity index (χ2v) is 5.83. The summed E-state index contributed by atoms with van der Waals surface area (Å²) < 4.78 is 5.19. The second kappa shape index (κ2) is 8.19. The predicted octanol–water partition coefficient (Wildman–Crippen LogP) is 0.580. The fraction of sp³-hybridized carbons (Fsp3) is 0.278. The van der Waals surface area contributed by atoms with Crippen molar-refractivity contribution in [2.75, 3.05) is 31.5 Å². The molecule has 0 unspecified atom stereocenters. The minimum Gasteiger partial charge on any atom is -0.467 e. The number of furan rings is 1. The number of benzene rings is 1. The van der Waals surface area contributed by atoms with Crippen LogP contribution in [0.4, 0.5) is 5.69 Å². The SMILES string of the molecule is O=C1CN(C(=O)CNc2ccccc2C(=O)NCc2ccco2)CCN1. The van der Waals surface area contributed by atoms with E-state index < -0.39 is 0 Å². The van der Waals surface area contributed by atoms with E-state index >= 15 is 0 Å². The molecule has 1 fully saturated rings. The highest BCUT2D eigenvalue weighted by Gasteiger charge is 2.21. The van der Waals surface area contributed by atoms with Crippen LogP contribution in [0, 0.1) is 0 Å². The molecule has 0 atom stereocenters. The first-order chi connectivity index (χ1) is 12.6. The number of hydrogen-bond acceptors (Lipinski definition) is 5. The molecule has 1 saturated heterocycles. The van der Waals surface area contributed by atoms with Gasteiger partial charge in [-0.15, -0.1) is 0 Å². The third kappa shape index (κ3) is 4.41. The molecule has 3 rings (SSSR count). The highest BCUT2D eigenvalue weighted by molar-refractivity contribution is 6.00. The Kier molecular flexibility index (Phi) is 5.52. The predicted molar refractivity (Wildman–Crippen MR) is 94.4 cm³/mol. The van der Waals surface area contributed by atoms with E-state index in [1.807, 2.05) is 0 Å². The average molecular weight is 356 g/mol. The zero-order valence-electron chi connectivity index (χ0n) is 14.2. The molecule has 8 nitrogen and oxygen atoms in total. The molecule has 0 radical (unpaired) electrons. The molecule has 0 bridgehead atoms. The Morgan fingerprint density at radius 3 is 2.81 bits per heavy atom. The molecule has 2 aromatic rings. The molecule has 8 heteroatoms. The van der Waals surface area contributed by atoms with Gasteiger partial charge in [-0.25, -0.2) is 0 Å². The summed E-state index contributed by atoms with van der Waals surface area (Å²) in [5.41, 5.74) is 0.988. The standard InChI is InChI=1S/C18H20N4O4/c23-16-12-22(8-7-19-16)17(24)11-20-15-6-2-1-5-14(15)18(25)21-10-13-4-3-9-26-13/h1-6,9,20H,7-8,10-12H2,(H,19,23)(H,21,25). The summed E-state index contributed by atoms with van der Waals surface area (Å²) >= 11 is 0. The van der Waals surface area contributed by atoms with E-state index in [1.54, 1.807) is 42.7 Å². The van der Waals surface area contributed by atoms with Gasteiger partial charge in [0.1, 0.15) is 5.76 Å². The first-order valence-corrected chi connectivity index (χ1v) is 8.31. The summed E-state index contributed by atoms with van der Waals surface area (Å²) in [7, 11) is 0. The normalized spacial score (nSPS) is 13.8. The van der Waals surface area contributed by atoms with Gasteiger partial charge in [-0.3, -0.25) is 14.4 Å². The summed E-state index contributed by atoms with van der Waals surface area (Å²) in [6.07, 6.45) is 1.55. The van der Waals surface area contributed by atoms with Crippen LogP contribution in [0.2, 0.25) is 0 Å². The number of nitrogens with one attached hydrogen (secondary N) is 3. The lowest BCUT2D eigenvalue weighted by atomic mass is 10.1. The van der Waals surface area contributed by atoms with Crippen LogP contribution < -0.4 is 16.0 Å². The molecule has 26 heavy (non-hydrogen) atoms. The number of carbonyl (C=O) groups is 3. The van der Waals surface area contributed by atoms with Crippen LogP contribution in [0.1, 0.15) is 16.1 Å². The largest absolute Gasteiger partial charge is 0.467 e. The monoisotopic (exact) mass is 356 g/mol. The maximum Gasteiger partial charge on any atom is 0.253 e. The van der Waals surface area contributed by atoms with Crippen LogP contribution in [0.15, 0.2) is 47.1 Å². The Morgan fingerprint density at radius 2 is 2.04 bits per heavy atom. The third-order valence-electron chi connectivity index (χ3n) is 4.00. The Bertz CT molecular complexity index is 788. The summed E-state index contributed by atoms with van der Waals surface area (Å²) in [6, 6.07) is 10.5. The van der Waals surface area contributed by atoms with Crippen molar-refractivity contribution in [1.82, 2.24) is 15.5 Å². The summed E-state index contributed by atoms with van der Waals surface area (Å²) in [5, 5.41) is 8.45. The van der Waals surface area contributed by atoms with Gasteiger partial charge in [0.15, 0.2) is 0 Å². The summed E-state index contributed by atoms with van der Waals surface area (Å²) in [6.45, 7) is 1.29. The van der Waals surface area contributed by atoms with Gasteiger partial charge in [-0.1, -0.05) is 12.1 Å². The van der Waals surface area contributed by atoms with Gasteiger partial charge in [0, 0.05) is 18.8 Å². The van der Waals surface area contributed by atoms with Gasteiger partial charge in [0.25, 0.3) is 5.91 Å². The quantitative estimate of drug-likeness (QED) is 0.702. The Balaban J connectivity index is 1.58. The molecule has 0 aliphatic carbocycles. The molecular formula is C18H20N4O4. The number of amides is 3. The van der Waals surface area contributed by atoms with Crippen molar-refractivity contribution < 1.29 is 18.8 Å². The molecule has 0 saturated carbocycles. The maximum atomic E-state index is 12.4. The topological polar surface area (TPSA) is 104 Å². The molecular weight excluding hydrogens is 336 g/mol. The number of hydrogen-bond donors (Lipinski definition) is 3. The van der Waals surface area contributed by atoms with E-state index in [9.17, 15) is 14.4 Å². The number of nitrogens with zero attached hydrogens (tertiary/aromatic N) is 1. The van der Waals surface area contributed by atoms with Crippen LogP contribution in [-0.2, 0) is 16.1 Å². The van der Waals surface area contributed by atoms with Crippen molar-refractivity contribution in [3.63, 3.8) is 0 Å². The van der Waals surface area contributed by atoms with E-state index in [1.165, 1.54) is 4.90 Å². The van der Waals surface area contributed by atoms with E-state index in [-0.39, 0.29) is 37.4 Å². The van der Waals surface area contributed by atoms with E-state index in [0.29, 0.717) is 30.1 Å². The zero-order chi connectivity index (χ0) is 18.4. The van der Waals surface area contributed by atoms with E-state index in [0.717, 1.165) is 0 Å². The van der Waals surface area contributed by atoms with Crippen molar-refractivity contribution >= 4 is 23.4 Å². The maximum absolute atomic E-state index is 12.4. The van der Waals surface area contributed by atoms with Crippen molar-refractivity contribution in [2.24, 2.45) is 0 Å². The molecule has 2 heterocycles. The molecule has 1 aliphatic rings. The van der Waals surface area contributed by atoms with Crippen molar-refractivity contribution in [3.8, 4) is 0 Å². The Hall–Kier alpha value is -3.29. The van der Waals surface area contributed by atoms with Crippen LogP contribution in [0.3, 0.4) is 0 Å². The molecule has 3 N–H and O–H groups in total. The molecule has 1 aromatic heterocycles. The molecule has 0 spiro atoms. The number of carbonyl (C=O) groups excluding carboxylic acids is 3. The lowest BCUT2D eigenvalue weighted by Crippen LogP contribution is -2.51. The summed E-state index contributed by atoms with van der Waals surface area (Å²) in [4.78, 5) is 37.5. The molecule has 1 aromatic carbocycles. The molecule has 136 valence electrons. The fourth-order valence-electron chi connectivity index (χ4n) is 2.65. The first kappa shape index (κ1) is 17.5. The van der Waals surface area contributed by atoms with E-state index in [2.05, 4.69) is 16.0 Å². The van der Waals surface area contributed by atoms with Gasteiger partial charge in [0.2, 0.25) is 11.8 Å². The number of piperazine rings is 1. The number of anilines is 1. The fourth-order valence-corrected chi connectivity index (χ4v) is 2.65. The minimum absolute atomic E-state index is 0.00968. The average Bonchev–Trinajstić information content (AvgIpc) is 3.18. The molecule has 1 aliphatic heterocycles. The van der Waals surface area contributed by atoms with Crippen LogP contribution >= 0.6 is 0 Å². The van der Waals surface area contributed by atoms with Gasteiger partial charge >= 0.3 is 0 Å². The van der Waals surface area contributed by atoms with Crippen LogP contribution in [0.25, 0.3) is 0 Å². The van der Waals surface area contributed by atoms with Gasteiger partial charge in [-0.2, -0.15) is 0 Å². The Morgan fingerprint density at radius 1 is 1.19 bits per heavy atom. The van der Waals surface area contributed by atoms with Crippen molar-refractivity contribution in [2.45, 2.75) is 6.54 Å². The molecule has 3 amide bonds. The first-order valence-electron chi connectivity index (χ1n) is 8.31. The van der Waals surface area contributed by atoms with Crippen LogP contribution in [-0.4, -0.2) is 48.8 Å². The second-order valence-electron chi connectivity index (χ2n) is 5.83. The van der Waals surface area contributed by atoms with Gasteiger partial charge < -0.3 is 25.3 Å². The minimum atomic E-state index is -0.269. The third-order valence-corrected chi connectivity index (χ3v) is 4.00. The van der Waals surface area contributed by atoms with E-state index in [4.69, 9.17) is 4.42 Å². The van der Waals surface area contributed by atoms with Gasteiger partial charge in [0.05, 0.1) is 31.5 Å². The Labute approximate surface area is 150 Å². The van der Waals surface area contributed by atoms with Crippen LogP contribution in [0.5, 0.6) is 0 Å². The highest BCUT2D eigenvalue weighted by atomic mass is 16.3. The summed E-state index contributed by atoms with van der Waals surface area (Å²) in [5.74, 6) is 0.0320. The zero-order valence-corrected chi connectivity index (χ0v) is 14.2. The number of rotatable bonds is 6.